The first-order valence-corrected chi connectivity index (χ1v) is 50.8. The van der Waals surface area contributed by atoms with Crippen LogP contribution in [0.5, 0.6) is 0 Å². The summed E-state index contributed by atoms with van der Waals surface area (Å²) in [4.78, 5) is 88.4. The van der Waals surface area contributed by atoms with Crippen molar-refractivity contribution < 1.29 is 124 Å². The first-order valence-electron chi connectivity index (χ1n) is 43.2. The zero-order valence-electron chi connectivity index (χ0n) is 80.8. The number of halogens is 10. The summed E-state index contributed by atoms with van der Waals surface area (Å²) in [5.41, 5.74) is -6.44. The lowest BCUT2D eigenvalue weighted by Gasteiger charge is -2.43. The van der Waals surface area contributed by atoms with Crippen molar-refractivity contribution in [2.24, 2.45) is 63.6 Å². The van der Waals surface area contributed by atoms with Gasteiger partial charge < -0.3 is 55.9 Å². The number of thiazole rings is 2. The molecule has 4 N–H and O–H groups in total. The Labute approximate surface area is 763 Å². The average Bonchev–Trinajstić information content (AvgIpc) is 0.957. The Morgan fingerprint density at radius 3 is 1.64 bits per heavy atom. The largest absolute Gasteiger partial charge is 1.00 e. The maximum atomic E-state index is 13.9. The molecule has 31 heteroatoms. The van der Waals surface area contributed by atoms with Crippen LogP contribution in [0.15, 0.2) is 101 Å². The van der Waals surface area contributed by atoms with Gasteiger partial charge in [0, 0.05) is 94.1 Å². The molecular weight excluding hydrogens is 1740 g/mol. The highest BCUT2D eigenvalue weighted by Gasteiger charge is 2.51. The van der Waals surface area contributed by atoms with Crippen LogP contribution in [-0.4, -0.2) is 155 Å². The van der Waals surface area contributed by atoms with E-state index >= 15 is 0 Å². The summed E-state index contributed by atoms with van der Waals surface area (Å²) in [6.45, 7) is 66.1. The molecule has 0 amide bonds. The molecule has 0 spiro atoms. The zero-order chi connectivity index (χ0) is 97.7. The number of hydrogen-bond acceptors (Lipinski definition) is 19. The minimum absolute atomic E-state index is 0. The van der Waals surface area contributed by atoms with Gasteiger partial charge in [-0.15, -0.1) is 35.8 Å². The Bertz CT molecular complexity index is 4070. The van der Waals surface area contributed by atoms with E-state index in [1.165, 1.54) is 88.7 Å². The number of cyclic esters (lactones) is 2. The van der Waals surface area contributed by atoms with Crippen molar-refractivity contribution >= 4 is 80.6 Å². The van der Waals surface area contributed by atoms with Crippen LogP contribution in [-0.2, 0) is 58.3 Å². The van der Waals surface area contributed by atoms with Crippen LogP contribution >= 0.6 is 22.7 Å². The van der Waals surface area contributed by atoms with Gasteiger partial charge in [-0.05, 0) is 146 Å². The lowest BCUT2D eigenvalue weighted by atomic mass is 9.69. The van der Waals surface area contributed by atoms with E-state index in [4.69, 9.17) is 23.1 Å². The Kier molecular flexibility index (Phi) is 47.1. The molecule has 0 bridgehead atoms. The van der Waals surface area contributed by atoms with Gasteiger partial charge in [-0.2, -0.15) is 39.5 Å². The molecule has 2 aromatic heterocycles. The summed E-state index contributed by atoms with van der Waals surface area (Å²) in [6, 6.07) is 0. The molecule has 2 aliphatic heterocycles. The third-order valence-corrected chi connectivity index (χ3v) is 36.6. The minimum atomic E-state index is -4.63. The van der Waals surface area contributed by atoms with Gasteiger partial charge in [-0.25, -0.2) is 9.97 Å². The third-order valence-electron chi connectivity index (χ3n) is 26.0. The van der Waals surface area contributed by atoms with Gasteiger partial charge in [0.15, 0.2) is 16.6 Å². The van der Waals surface area contributed by atoms with Crippen molar-refractivity contribution in [3.8, 4) is 0 Å². The van der Waals surface area contributed by atoms with Gasteiger partial charge in [0.25, 0.3) is 0 Å². The molecule has 0 saturated heterocycles. The lowest BCUT2D eigenvalue weighted by Crippen LogP contribution is -3.00. The first kappa shape index (κ1) is 120. The van der Waals surface area contributed by atoms with E-state index in [-0.39, 0.29) is 90.5 Å². The second kappa shape index (κ2) is 49.3. The van der Waals surface area contributed by atoms with Crippen LogP contribution in [0.2, 0.25) is 36.3 Å². The SMILES string of the molecule is C/C(=C\c1csc(C)n1)[C@]1(C)C/C=C(/C(F)(F)F)C/C=C/[C@H](C)C(O)[C@@H](C)C(=O)C(C)(C)[C@@H](O)CC(=O)O1.C=CC/C(=C\C[C@](C)(OC(=O)C[C@H](C)C(C)(C)C(=O)[C@H](C)[C@@H](O[Si](C)(C)C(C)(C)C)[C@@H](C)C=C)[C@@H](C)O)C(F)(F)F.CCc1csc(C)n1.C[C@H]1/C=C/C/C(C(F)(F)F)=C\C[C@@H]([C@@H](C)O)OC(=O)C[C@H](C)C(C)(C)C(=O)[C@H](C)C1O[Si](C)(C)C(C)(C)C.[Cl-]. The van der Waals surface area contributed by atoms with Gasteiger partial charge in [0.2, 0.25) is 0 Å². The second-order valence-electron chi connectivity index (χ2n) is 39.4. The van der Waals surface area contributed by atoms with Crippen LogP contribution in [0.1, 0.15) is 259 Å². The number of allylic oxidation sites excluding steroid dienone is 6. The van der Waals surface area contributed by atoms with Gasteiger partial charge >= 0.3 is 36.4 Å². The molecule has 2 unspecified atom stereocenters. The Balaban J connectivity index is 0.00000177. The van der Waals surface area contributed by atoms with E-state index in [1.54, 1.807) is 90.3 Å². The van der Waals surface area contributed by atoms with Crippen molar-refractivity contribution in [1.29, 1.82) is 0 Å². The molecule has 0 radical (unpaired) electrons. The zero-order valence-corrected chi connectivity index (χ0v) is 85.2. The number of nitrogens with zero attached hydrogens (tertiary/aromatic N) is 2. The highest BCUT2D eigenvalue weighted by atomic mass is 35.5. The predicted molar refractivity (Wildman–Crippen MR) is 487 cm³/mol. The minimum Gasteiger partial charge on any atom is -1.00 e. The van der Waals surface area contributed by atoms with Crippen molar-refractivity contribution in [2.45, 2.75) is 367 Å². The normalized spacial score (nSPS) is 26.4. The smallest absolute Gasteiger partial charge is 0.412 e. The molecule has 722 valence electrons. The summed E-state index contributed by atoms with van der Waals surface area (Å²) in [5.74, 6) is -6.69. The monoisotopic (exact) mass is 1890 g/mol. The number of esters is 3. The molecule has 17 nitrogen and oxygen atoms in total. The van der Waals surface area contributed by atoms with E-state index in [0.717, 1.165) is 35.7 Å². The standard InChI is InChI=1S/C32H55F3O5Si.C29H49F3O5Si.C28H38F3NO5S.C6H9NS.ClH/c1-15-17-25(32(33,34)35)18-19-31(12,24(6)36)39-26(37)20-22(4)30(10,11)28(38)23(5)27(21(3)16-2)40-41(13,14)29(7,8)9;1-18-13-12-14-22(29(30,31)32)15-16-23(21(4)33)36-24(34)17-19(2)28(8,9)26(35)20(3)25(18)37-38(10,11)27(5,6)7;1-16-9-8-10-20(28(29,30)31)11-12-27(7,17(2)13-21-15-38-19(4)32-21)37-23(34)14-22(33)26(5,6)25(36)18(3)24(16)35;1-3-6-4-8-5(2)7-6;/h15-16,18,21-24,27,36H,1-2,17,19-20H2,3-14H3;12-13,15,18-21,23,25,33H,14,16-17H2,1-11H3;8-9,11,13,15-16,18,22,24,33,35H,10,12,14H2,1-7H3;4H,3H2,1-2H3;1H/p-1/b25-18+;13-12+,22-15+;9-8+,17-13+,20-11+;;/t21-,22-,23+,24+,27-,31-;18-,19-,20+,21+,23-,25?;16-,18+,22-,24?,27-;;/m000../s1. The van der Waals surface area contributed by atoms with E-state index in [1.807, 2.05) is 41.5 Å². The number of Topliss-reactive ketones (excluding diaryl/α,β-unsaturated/α-hetero) is 3. The number of rotatable bonds is 22. The highest BCUT2D eigenvalue weighted by Crippen LogP contribution is 2.46. The Morgan fingerprint density at radius 2 is 1.21 bits per heavy atom. The molecule has 0 saturated carbocycles. The molecule has 4 rings (SSSR count). The summed E-state index contributed by atoms with van der Waals surface area (Å²) in [6.07, 6.45) is -9.22. The number of aromatic nitrogens is 2. The van der Waals surface area contributed by atoms with Gasteiger partial charge in [-0.1, -0.05) is 200 Å². The topological polar surface area (TPSA) is 255 Å². The number of alkyl halides is 9. The second-order valence-corrected chi connectivity index (χ2v) is 51.0. The van der Waals surface area contributed by atoms with E-state index in [2.05, 4.69) is 103 Å². The fourth-order valence-electron chi connectivity index (χ4n) is 13.4. The van der Waals surface area contributed by atoms with Gasteiger partial charge in [-0.3, -0.25) is 28.8 Å². The van der Waals surface area contributed by atoms with Crippen molar-refractivity contribution in [3.63, 3.8) is 0 Å². The van der Waals surface area contributed by atoms with Crippen molar-refractivity contribution in [1.82, 2.24) is 9.97 Å². The number of aryl methyl sites for hydroxylation is 3. The first-order chi connectivity index (χ1) is 56.5. The number of aliphatic hydroxyl groups excluding tert-OH is 4. The molecule has 0 fully saturated rings. The molecule has 126 heavy (non-hydrogen) atoms. The number of ketones is 3. The maximum Gasteiger partial charge on any atom is 0.412 e. The van der Waals surface area contributed by atoms with Crippen LogP contribution in [0.4, 0.5) is 39.5 Å². The van der Waals surface area contributed by atoms with Crippen LogP contribution in [0.25, 0.3) is 6.08 Å². The molecule has 2 aromatic rings. The molecule has 2 aliphatic rings. The quantitative estimate of drug-likeness (QED) is 0.0281. The highest BCUT2D eigenvalue weighted by molar-refractivity contribution is 7.09. The number of carbonyl (C=O) groups excluding carboxylic acids is 6. The molecule has 0 aromatic carbocycles. The van der Waals surface area contributed by atoms with E-state index in [9.17, 15) is 88.7 Å². The summed E-state index contributed by atoms with van der Waals surface area (Å²) in [5, 5.41) is 47.6. The van der Waals surface area contributed by atoms with Crippen LogP contribution in [0, 0.1) is 77.4 Å². The maximum absolute atomic E-state index is 13.9. The van der Waals surface area contributed by atoms with Crippen molar-refractivity contribution in [3.05, 3.63) is 122 Å². The van der Waals surface area contributed by atoms with Crippen LogP contribution in [0.3, 0.4) is 0 Å². The predicted octanol–water partition coefficient (Wildman–Crippen LogP) is 21.0. The molecule has 4 heterocycles. The molecule has 0 aliphatic carbocycles. The van der Waals surface area contributed by atoms with Crippen molar-refractivity contribution in [2.75, 3.05) is 0 Å². The molecular formula is C95H151ClF9N2O15S2Si2-. The summed E-state index contributed by atoms with van der Waals surface area (Å²) in [7, 11) is -4.56. The number of hydrogen-bond donors (Lipinski definition) is 4. The number of carbonyl (C=O) groups is 6. The average molecular weight is 1890 g/mol. The number of ether oxygens (including phenoxy) is 3. The lowest BCUT2D eigenvalue weighted by molar-refractivity contribution is -0.171. The molecule has 17 atom stereocenters. The van der Waals surface area contributed by atoms with Crippen LogP contribution < -0.4 is 12.4 Å². The van der Waals surface area contributed by atoms with E-state index < -0.39 is 194 Å². The third kappa shape index (κ3) is 36.2. The van der Waals surface area contributed by atoms with E-state index in [0.29, 0.717) is 11.3 Å². The number of aliphatic hydroxyl groups is 4. The van der Waals surface area contributed by atoms with Gasteiger partial charge in [0.05, 0.1) is 69.9 Å². The fraction of sp³-hybridized carbons (Fsp3) is 0.705. The van der Waals surface area contributed by atoms with Gasteiger partial charge in [0.1, 0.15) is 34.7 Å². The Hall–Kier alpha value is -5.55. The fourth-order valence-corrected chi connectivity index (χ4v) is 17.6. The summed E-state index contributed by atoms with van der Waals surface area (Å²) < 4.78 is 153. The summed E-state index contributed by atoms with van der Waals surface area (Å²) >= 11 is 3.13. The Morgan fingerprint density at radius 1 is 0.706 bits per heavy atom.